The summed E-state index contributed by atoms with van der Waals surface area (Å²) in [5, 5.41) is 13.5. The Labute approximate surface area is 148 Å². The van der Waals surface area contributed by atoms with Crippen molar-refractivity contribution in [2.24, 2.45) is 0 Å². The Morgan fingerprint density at radius 3 is 2.67 bits per heavy atom. The van der Waals surface area contributed by atoms with Crippen LogP contribution in [0.25, 0.3) is 0 Å². The van der Waals surface area contributed by atoms with Gasteiger partial charge in [0.2, 0.25) is 0 Å². The first kappa shape index (κ1) is 16.6. The number of likely N-dealkylation sites (tertiary alicyclic amines) is 1. The van der Waals surface area contributed by atoms with Crippen LogP contribution in [0.4, 0.5) is 0 Å². The minimum Gasteiger partial charge on any atom is -0.391 e. The van der Waals surface area contributed by atoms with E-state index in [1.165, 1.54) is 23.3 Å². The minimum atomic E-state index is -0.154. The number of thiophene rings is 1. The lowest BCUT2D eigenvalue weighted by molar-refractivity contribution is 0.00728. The summed E-state index contributed by atoms with van der Waals surface area (Å²) < 4.78 is 0. The van der Waals surface area contributed by atoms with Crippen LogP contribution in [-0.2, 0) is 12.8 Å². The number of aliphatic hydroxyl groups excluding tert-OH is 1. The highest BCUT2D eigenvalue weighted by Gasteiger charge is 2.32. The van der Waals surface area contributed by atoms with Crippen molar-refractivity contribution in [1.29, 1.82) is 0 Å². The molecule has 0 spiro atoms. The van der Waals surface area contributed by atoms with Crippen molar-refractivity contribution >= 4 is 17.2 Å². The smallest absolute Gasteiger partial charge is 0.261 e. The number of aliphatic hydroxyl groups is 1. The number of nitrogens with one attached hydrogen (secondary N) is 1. The van der Waals surface area contributed by atoms with E-state index in [0.29, 0.717) is 6.04 Å². The van der Waals surface area contributed by atoms with Crippen LogP contribution in [0.5, 0.6) is 0 Å². The Kier molecular flexibility index (Phi) is 4.93. The van der Waals surface area contributed by atoms with E-state index in [1.54, 1.807) is 11.3 Å². The number of carbonyl (C=O) groups is 1. The average molecular weight is 349 g/mol. The van der Waals surface area contributed by atoms with Gasteiger partial charge < -0.3 is 10.4 Å². The van der Waals surface area contributed by atoms with Crippen molar-refractivity contribution < 1.29 is 9.90 Å². The van der Waals surface area contributed by atoms with Crippen LogP contribution < -0.4 is 5.32 Å². The summed E-state index contributed by atoms with van der Waals surface area (Å²) in [5.74, 6) is 0.116. The number of carbonyl (C=O) groups excluding carboxylic acids is 1. The predicted octanol–water partition coefficient (Wildman–Crippen LogP) is 2.73. The maximum absolute atomic E-state index is 12.5. The van der Waals surface area contributed by atoms with Gasteiger partial charge >= 0.3 is 0 Å². The van der Waals surface area contributed by atoms with Gasteiger partial charge in [-0.2, -0.15) is 0 Å². The van der Waals surface area contributed by atoms with Gasteiger partial charge in [0.05, 0.1) is 11.0 Å². The molecule has 0 radical (unpaired) electrons. The SMILES string of the molecule is O=C(NC1CCN([C@@H]2CCCC[C@H]2O)CC1)c1cc2c(s1)CCC2. The molecule has 1 saturated carbocycles. The molecule has 0 bridgehead atoms. The maximum atomic E-state index is 12.5. The molecule has 1 aromatic rings. The number of aryl methyl sites for hydroxylation is 2. The zero-order valence-corrected chi connectivity index (χ0v) is 15.1. The molecule has 1 amide bonds. The van der Waals surface area contributed by atoms with Crippen molar-refractivity contribution in [3.8, 4) is 0 Å². The Bertz CT molecular complexity index is 571. The summed E-state index contributed by atoms with van der Waals surface area (Å²) >= 11 is 1.69. The van der Waals surface area contributed by atoms with Crippen LogP contribution in [0, 0.1) is 0 Å². The summed E-state index contributed by atoms with van der Waals surface area (Å²) in [4.78, 5) is 17.3. The summed E-state index contributed by atoms with van der Waals surface area (Å²) in [6.07, 6.45) is 9.85. The third kappa shape index (κ3) is 3.39. The third-order valence-electron chi connectivity index (χ3n) is 6.00. The molecule has 4 nitrogen and oxygen atoms in total. The van der Waals surface area contributed by atoms with Crippen LogP contribution >= 0.6 is 11.3 Å². The zero-order valence-electron chi connectivity index (χ0n) is 14.3. The molecule has 4 rings (SSSR count). The highest BCUT2D eigenvalue weighted by atomic mass is 32.1. The van der Waals surface area contributed by atoms with Crippen molar-refractivity contribution in [3.63, 3.8) is 0 Å². The molecule has 2 N–H and O–H groups in total. The fraction of sp³-hybridized carbons (Fsp3) is 0.737. The lowest BCUT2D eigenvalue weighted by Crippen LogP contribution is -2.52. The molecule has 5 heteroatoms. The molecule has 132 valence electrons. The lowest BCUT2D eigenvalue weighted by atomic mass is 9.89. The topological polar surface area (TPSA) is 52.6 Å². The van der Waals surface area contributed by atoms with E-state index in [9.17, 15) is 9.90 Å². The number of rotatable bonds is 3. The Balaban J connectivity index is 1.28. The molecule has 24 heavy (non-hydrogen) atoms. The third-order valence-corrected chi connectivity index (χ3v) is 7.23. The molecule has 1 aromatic heterocycles. The summed E-state index contributed by atoms with van der Waals surface area (Å²) in [6, 6.07) is 2.73. The largest absolute Gasteiger partial charge is 0.391 e. The Morgan fingerprint density at radius 1 is 1.12 bits per heavy atom. The van der Waals surface area contributed by atoms with E-state index in [-0.39, 0.29) is 18.1 Å². The second-order valence-electron chi connectivity index (χ2n) is 7.62. The number of piperidine rings is 1. The van der Waals surface area contributed by atoms with Gasteiger partial charge in [-0.05, 0) is 56.6 Å². The van der Waals surface area contributed by atoms with Gasteiger partial charge in [0.1, 0.15) is 0 Å². The van der Waals surface area contributed by atoms with Crippen LogP contribution in [0.1, 0.15) is 65.1 Å². The minimum absolute atomic E-state index is 0.116. The zero-order chi connectivity index (χ0) is 16.5. The monoisotopic (exact) mass is 348 g/mol. The van der Waals surface area contributed by atoms with Crippen molar-refractivity contribution in [3.05, 3.63) is 21.4 Å². The van der Waals surface area contributed by atoms with Gasteiger partial charge in [-0.15, -0.1) is 11.3 Å². The summed E-state index contributed by atoms with van der Waals surface area (Å²) in [7, 11) is 0. The molecule has 2 heterocycles. The molecule has 1 saturated heterocycles. The first-order valence-electron chi connectivity index (χ1n) is 9.55. The van der Waals surface area contributed by atoms with Gasteiger partial charge in [0, 0.05) is 30.1 Å². The van der Waals surface area contributed by atoms with Gasteiger partial charge in [-0.1, -0.05) is 12.8 Å². The van der Waals surface area contributed by atoms with Gasteiger partial charge in [-0.25, -0.2) is 0 Å². The molecular formula is C19H28N2O2S. The Morgan fingerprint density at radius 2 is 1.92 bits per heavy atom. The molecule has 3 aliphatic rings. The van der Waals surface area contributed by atoms with E-state index in [2.05, 4.69) is 16.3 Å². The fourth-order valence-electron chi connectivity index (χ4n) is 4.59. The maximum Gasteiger partial charge on any atom is 0.261 e. The van der Waals surface area contributed by atoms with Gasteiger partial charge in [-0.3, -0.25) is 9.69 Å². The first-order chi connectivity index (χ1) is 11.7. The number of fused-ring (bicyclic) bond motifs is 1. The second-order valence-corrected chi connectivity index (χ2v) is 8.75. The van der Waals surface area contributed by atoms with E-state index in [1.807, 2.05) is 0 Å². The van der Waals surface area contributed by atoms with Crippen LogP contribution in [0.15, 0.2) is 6.07 Å². The second kappa shape index (κ2) is 7.14. The molecular weight excluding hydrogens is 320 g/mol. The quantitative estimate of drug-likeness (QED) is 0.883. The fourth-order valence-corrected chi connectivity index (χ4v) is 5.75. The van der Waals surface area contributed by atoms with E-state index < -0.39 is 0 Å². The van der Waals surface area contributed by atoms with Crippen molar-refractivity contribution in [2.75, 3.05) is 13.1 Å². The van der Waals surface area contributed by atoms with Crippen molar-refractivity contribution in [2.45, 2.75) is 76.0 Å². The molecule has 0 unspecified atom stereocenters. The van der Waals surface area contributed by atoms with E-state index in [0.717, 1.165) is 62.9 Å². The van der Waals surface area contributed by atoms with E-state index >= 15 is 0 Å². The Hall–Kier alpha value is -0.910. The normalized spacial score (nSPS) is 28.7. The molecule has 1 aliphatic heterocycles. The molecule has 2 atom stereocenters. The summed E-state index contributed by atoms with van der Waals surface area (Å²) in [6.45, 7) is 1.99. The first-order valence-corrected chi connectivity index (χ1v) is 10.4. The van der Waals surface area contributed by atoms with Crippen molar-refractivity contribution in [1.82, 2.24) is 10.2 Å². The number of hydrogen-bond donors (Lipinski definition) is 2. The van der Waals surface area contributed by atoms with Crippen LogP contribution in [-0.4, -0.2) is 47.2 Å². The number of hydrogen-bond acceptors (Lipinski definition) is 4. The van der Waals surface area contributed by atoms with Gasteiger partial charge in [0.15, 0.2) is 0 Å². The van der Waals surface area contributed by atoms with E-state index in [4.69, 9.17) is 0 Å². The highest BCUT2D eigenvalue weighted by molar-refractivity contribution is 7.14. The standard InChI is InChI=1S/C19H28N2O2S/c22-16-6-2-1-5-15(16)21-10-8-14(9-11-21)20-19(23)18-12-13-4-3-7-17(13)24-18/h12,14-16,22H,1-11H2,(H,20,23)/t15-,16-/m1/s1. The van der Waals surface area contributed by atoms with Crippen LogP contribution in [0.3, 0.4) is 0 Å². The lowest BCUT2D eigenvalue weighted by Gasteiger charge is -2.41. The molecule has 2 fully saturated rings. The highest BCUT2D eigenvalue weighted by Crippen LogP contribution is 2.31. The van der Waals surface area contributed by atoms with Gasteiger partial charge in [0.25, 0.3) is 5.91 Å². The molecule has 2 aliphatic carbocycles. The average Bonchev–Trinajstić information content (AvgIpc) is 3.18. The molecule has 0 aromatic carbocycles. The van der Waals surface area contributed by atoms with Crippen LogP contribution in [0.2, 0.25) is 0 Å². The predicted molar refractivity (Wildman–Crippen MR) is 96.7 cm³/mol. The summed E-state index contributed by atoms with van der Waals surface area (Å²) in [5.41, 5.74) is 1.39. The number of nitrogens with zero attached hydrogens (tertiary/aromatic N) is 1. The number of amides is 1.